The van der Waals surface area contributed by atoms with Gasteiger partial charge in [-0.1, -0.05) is 12.1 Å². The van der Waals surface area contributed by atoms with Gasteiger partial charge in [-0.05, 0) is 35.9 Å². The highest BCUT2D eigenvalue weighted by atomic mass is 31.2. The second-order valence-electron chi connectivity index (χ2n) is 4.96. The highest BCUT2D eigenvalue weighted by Gasteiger charge is 2.06. The highest BCUT2D eigenvalue weighted by Crippen LogP contribution is 2.30. The van der Waals surface area contributed by atoms with E-state index in [-0.39, 0.29) is 6.16 Å². The molecule has 2 aromatic carbocycles. The quantitative estimate of drug-likeness (QED) is 0.623. The minimum Gasteiger partial charge on any atom is -0.497 e. The lowest BCUT2D eigenvalue weighted by Gasteiger charge is -2.10. The number of anilines is 2. The Balaban J connectivity index is 1.88. The lowest BCUT2D eigenvalue weighted by atomic mass is 10.2. The first-order valence-electron chi connectivity index (χ1n) is 6.96. The van der Waals surface area contributed by atoms with Crippen molar-refractivity contribution in [1.29, 1.82) is 0 Å². The summed E-state index contributed by atoms with van der Waals surface area (Å²) in [4.78, 5) is 26.6. The average molecular weight is 329 g/mol. The van der Waals surface area contributed by atoms with Crippen LogP contribution >= 0.6 is 8.38 Å². The van der Waals surface area contributed by atoms with Gasteiger partial charge in [-0.3, -0.25) is 0 Å². The van der Waals surface area contributed by atoms with Crippen molar-refractivity contribution in [2.45, 2.75) is 6.16 Å². The number of ether oxygens (including phenoxy) is 1. The van der Waals surface area contributed by atoms with Gasteiger partial charge < -0.3 is 19.8 Å². The van der Waals surface area contributed by atoms with Gasteiger partial charge in [-0.15, -0.1) is 0 Å². The Morgan fingerprint density at radius 3 is 2.57 bits per heavy atom. The molecule has 6 nitrogen and oxygen atoms in total. The minimum atomic E-state index is -1.92. The number of nitrogens with one attached hydrogen (secondary N) is 1. The molecule has 0 radical (unpaired) electrons. The molecule has 0 fully saturated rings. The molecular weight excluding hydrogens is 313 g/mol. The maximum atomic E-state index is 9.05. The molecule has 7 heteroatoms. The number of methoxy groups -OCH3 is 1. The van der Waals surface area contributed by atoms with E-state index in [4.69, 9.17) is 14.5 Å². The Morgan fingerprint density at radius 2 is 1.87 bits per heavy atom. The maximum Gasteiger partial charge on any atom is 0.169 e. The van der Waals surface area contributed by atoms with E-state index in [1.54, 1.807) is 7.11 Å². The second-order valence-corrected chi connectivity index (χ2v) is 6.02. The fourth-order valence-electron chi connectivity index (χ4n) is 2.26. The normalized spacial score (nSPS) is 11.0. The summed E-state index contributed by atoms with van der Waals surface area (Å²) in [5.41, 5.74) is 2.56. The summed E-state index contributed by atoms with van der Waals surface area (Å²) < 4.78 is 5.25. The van der Waals surface area contributed by atoms with Crippen molar-refractivity contribution in [3.63, 3.8) is 0 Å². The molecule has 0 aliphatic carbocycles. The summed E-state index contributed by atoms with van der Waals surface area (Å²) in [7, 11) is -0.300. The average Bonchev–Trinajstić information content (AvgIpc) is 2.56. The Labute approximate surface area is 134 Å². The van der Waals surface area contributed by atoms with Crippen molar-refractivity contribution >= 4 is 30.8 Å². The van der Waals surface area contributed by atoms with Crippen LogP contribution in [0.5, 0.6) is 5.75 Å². The molecule has 118 valence electrons. The Morgan fingerprint density at radius 1 is 1.09 bits per heavy atom. The summed E-state index contributed by atoms with van der Waals surface area (Å²) in [5.74, 6) is 1.43. The van der Waals surface area contributed by atoms with E-state index in [1.165, 1.54) is 6.33 Å². The molecule has 3 aromatic rings. The van der Waals surface area contributed by atoms with Crippen molar-refractivity contribution in [3.05, 3.63) is 54.4 Å². The summed E-state index contributed by atoms with van der Waals surface area (Å²) >= 11 is 0. The first kappa shape index (κ1) is 15.6. The first-order chi connectivity index (χ1) is 11.2. The van der Waals surface area contributed by atoms with E-state index in [2.05, 4.69) is 15.3 Å². The summed E-state index contributed by atoms with van der Waals surface area (Å²) in [5, 5.41) is 4.12. The summed E-state index contributed by atoms with van der Waals surface area (Å²) in [6, 6.07) is 13.1. The third-order valence-electron chi connectivity index (χ3n) is 3.38. The van der Waals surface area contributed by atoms with E-state index >= 15 is 0 Å². The van der Waals surface area contributed by atoms with E-state index in [9.17, 15) is 0 Å². The predicted octanol–water partition coefficient (Wildman–Crippen LogP) is 3.18. The van der Waals surface area contributed by atoms with Crippen molar-refractivity contribution in [2.75, 3.05) is 12.4 Å². The minimum absolute atomic E-state index is 0.267. The van der Waals surface area contributed by atoms with Crippen LogP contribution in [0.1, 0.15) is 5.56 Å². The third kappa shape index (κ3) is 3.74. The Bertz CT molecular complexity index is 809. The molecule has 0 bridgehead atoms. The number of fused-ring (bicyclic) bond motifs is 1. The zero-order valence-electron chi connectivity index (χ0n) is 12.5. The molecule has 1 heterocycles. The van der Waals surface area contributed by atoms with E-state index in [0.717, 1.165) is 27.9 Å². The van der Waals surface area contributed by atoms with Crippen LogP contribution in [0.2, 0.25) is 0 Å². The number of nitrogens with zero attached hydrogens (tertiary/aromatic N) is 2. The smallest absolute Gasteiger partial charge is 0.169 e. The van der Waals surface area contributed by atoms with Crippen LogP contribution in [0, 0.1) is 0 Å². The van der Waals surface area contributed by atoms with Gasteiger partial charge in [0.05, 0.1) is 12.6 Å². The number of benzene rings is 2. The number of hydrogen-bond acceptors (Lipinski definition) is 6. The van der Waals surface area contributed by atoms with Crippen molar-refractivity contribution in [1.82, 2.24) is 9.97 Å². The molecule has 0 amide bonds. The fraction of sp³-hybridized carbons (Fsp3) is 0.125. The molecule has 0 saturated carbocycles. The van der Waals surface area contributed by atoms with Crippen LogP contribution in [0.3, 0.4) is 0 Å². The van der Waals surface area contributed by atoms with E-state index in [0.29, 0.717) is 5.82 Å². The number of hydrogen-bond donors (Lipinski definition) is 3. The fourth-order valence-corrected chi connectivity index (χ4v) is 2.79. The molecule has 0 aliphatic rings. The van der Waals surface area contributed by atoms with E-state index < -0.39 is 8.38 Å². The van der Waals surface area contributed by atoms with Crippen LogP contribution in [0.4, 0.5) is 11.5 Å². The van der Waals surface area contributed by atoms with Crippen molar-refractivity contribution < 1.29 is 14.5 Å². The largest absolute Gasteiger partial charge is 0.497 e. The van der Waals surface area contributed by atoms with Gasteiger partial charge in [0, 0.05) is 17.2 Å². The SMILES string of the molecule is COc1ccc2ncnc(Nc3ccc(CP(O)O)cc3)c2c1. The molecule has 0 saturated heterocycles. The predicted molar refractivity (Wildman–Crippen MR) is 90.9 cm³/mol. The zero-order valence-corrected chi connectivity index (χ0v) is 13.4. The second kappa shape index (κ2) is 6.87. The standard InChI is InChI=1S/C16H16N3O3P/c1-22-13-6-7-15-14(8-13)16(18-10-17-15)19-12-4-2-11(3-5-12)9-23(20)21/h2-8,10,20-21H,9H2,1H3,(H,17,18,19). The van der Waals surface area contributed by atoms with Gasteiger partial charge in [-0.2, -0.15) is 0 Å². The van der Waals surface area contributed by atoms with Gasteiger partial charge in [0.15, 0.2) is 8.38 Å². The van der Waals surface area contributed by atoms with Gasteiger partial charge in [0.2, 0.25) is 0 Å². The van der Waals surface area contributed by atoms with Crippen molar-refractivity contribution in [3.8, 4) is 5.75 Å². The van der Waals surface area contributed by atoms with E-state index in [1.807, 2.05) is 42.5 Å². The van der Waals surface area contributed by atoms with Gasteiger partial charge in [0.1, 0.15) is 17.9 Å². The molecule has 23 heavy (non-hydrogen) atoms. The monoisotopic (exact) mass is 329 g/mol. The number of aromatic nitrogens is 2. The lowest BCUT2D eigenvalue weighted by molar-refractivity contribution is 0.415. The lowest BCUT2D eigenvalue weighted by Crippen LogP contribution is -1.96. The highest BCUT2D eigenvalue weighted by molar-refractivity contribution is 7.44. The first-order valence-corrected chi connectivity index (χ1v) is 8.39. The van der Waals surface area contributed by atoms with Gasteiger partial charge >= 0.3 is 0 Å². The zero-order chi connectivity index (χ0) is 16.2. The number of rotatable bonds is 5. The topological polar surface area (TPSA) is 87.5 Å². The molecule has 3 N–H and O–H groups in total. The van der Waals surface area contributed by atoms with Crippen LogP contribution < -0.4 is 10.1 Å². The van der Waals surface area contributed by atoms with Gasteiger partial charge in [0.25, 0.3) is 0 Å². The molecule has 0 spiro atoms. The summed E-state index contributed by atoms with van der Waals surface area (Å²) in [6.07, 6.45) is 1.78. The molecule has 3 rings (SSSR count). The molecule has 0 aliphatic heterocycles. The van der Waals surface area contributed by atoms with Crippen LogP contribution in [-0.4, -0.2) is 26.9 Å². The van der Waals surface area contributed by atoms with Crippen molar-refractivity contribution in [2.24, 2.45) is 0 Å². The maximum absolute atomic E-state index is 9.05. The molecular formula is C16H16N3O3P. The third-order valence-corrected chi connectivity index (χ3v) is 4.03. The molecule has 0 atom stereocenters. The van der Waals surface area contributed by atoms with Crippen LogP contribution in [-0.2, 0) is 6.16 Å². The Kier molecular flexibility index (Phi) is 4.67. The molecule has 0 unspecified atom stereocenters. The van der Waals surface area contributed by atoms with Crippen LogP contribution in [0.15, 0.2) is 48.8 Å². The summed E-state index contributed by atoms with van der Waals surface area (Å²) in [6.45, 7) is 0. The van der Waals surface area contributed by atoms with Gasteiger partial charge in [-0.25, -0.2) is 9.97 Å². The molecule has 1 aromatic heterocycles. The van der Waals surface area contributed by atoms with Crippen LogP contribution in [0.25, 0.3) is 10.9 Å². The Hall–Kier alpha value is -2.27.